The first-order valence-electron chi connectivity index (χ1n) is 6.84. The van der Waals surface area contributed by atoms with Gasteiger partial charge in [-0.2, -0.15) is 0 Å². The van der Waals surface area contributed by atoms with Gasteiger partial charge in [0.2, 0.25) is 0 Å². The summed E-state index contributed by atoms with van der Waals surface area (Å²) in [5.41, 5.74) is 2.53. The van der Waals surface area contributed by atoms with Gasteiger partial charge in [0, 0.05) is 18.5 Å². The molecule has 0 spiro atoms. The Hall–Kier alpha value is -1.41. The van der Waals surface area contributed by atoms with Gasteiger partial charge in [-0.3, -0.25) is 0 Å². The molecule has 4 N–H and O–H groups in total. The Morgan fingerprint density at radius 2 is 1.95 bits per heavy atom. The second kappa shape index (κ2) is 6.36. The number of nitrogens with zero attached hydrogens (tertiary/aromatic N) is 2. The van der Waals surface area contributed by atoms with Crippen molar-refractivity contribution in [3.05, 3.63) is 11.9 Å². The Labute approximate surface area is 119 Å². The average molecular weight is 299 g/mol. The smallest absolute Gasteiger partial charge is 0.150 e. The summed E-state index contributed by atoms with van der Waals surface area (Å²) in [7, 11) is -2.84. The van der Waals surface area contributed by atoms with Crippen LogP contribution in [0, 0.1) is 0 Å². The van der Waals surface area contributed by atoms with Gasteiger partial charge in [-0.15, -0.1) is 0 Å². The molecule has 2 heterocycles. The summed E-state index contributed by atoms with van der Waals surface area (Å²) in [6, 6.07) is 1.87. The van der Waals surface area contributed by atoms with Gasteiger partial charge in [0.1, 0.15) is 27.3 Å². The van der Waals surface area contributed by atoms with Crippen molar-refractivity contribution < 1.29 is 8.42 Å². The first kappa shape index (κ1) is 15.0. The molecule has 0 atom stereocenters. The zero-order valence-electron chi connectivity index (χ0n) is 11.6. The summed E-state index contributed by atoms with van der Waals surface area (Å²) < 4.78 is 22.8. The van der Waals surface area contributed by atoms with E-state index in [2.05, 4.69) is 27.6 Å². The van der Waals surface area contributed by atoms with E-state index in [4.69, 9.17) is 5.84 Å². The minimum Gasteiger partial charge on any atom is -0.367 e. The zero-order valence-corrected chi connectivity index (χ0v) is 12.4. The molecule has 0 aliphatic carbocycles. The van der Waals surface area contributed by atoms with Crippen LogP contribution < -0.4 is 16.6 Å². The highest BCUT2D eigenvalue weighted by molar-refractivity contribution is 7.91. The third-order valence-corrected chi connectivity index (χ3v) is 5.02. The van der Waals surface area contributed by atoms with Crippen LogP contribution in [-0.2, 0) is 16.3 Å². The highest BCUT2D eigenvalue weighted by Crippen LogP contribution is 2.18. The third-order valence-electron chi connectivity index (χ3n) is 3.30. The number of anilines is 2. The van der Waals surface area contributed by atoms with Crippen LogP contribution >= 0.6 is 0 Å². The molecule has 1 aliphatic rings. The summed E-state index contributed by atoms with van der Waals surface area (Å²) in [6.07, 6.45) is 2.96. The first-order chi connectivity index (χ1) is 9.52. The summed E-state index contributed by atoms with van der Waals surface area (Å²) >= 11 is 0. The van der Waals surface area contributed by atoms with Crippen LogP contribution in [0.5, 0.6) is 0 Å². The minimum atomic E-state index is -2.84. The van der Waals surface area contributed by atoms with Crippen molar-refractivity contribution in [3.8, 4) is 0 Å². The Kier molecular flexibility index (Phi) is 4.77. The number of rotatable bonds is 5. The largest absolute Gasteiger partial charge is 0.367 e. The van der Waals surface area contributed by atoms with Crippen LogP contribution in [0.4, 0.5) is 11.6 Å². The fraction of sp³-hybridized carbons (Fsp3) is 0.667. The topological polar surface area (TPSA) is 110 Å². The first-order valence-corrected chi connectivity index (χ1v) is 8.66. The van der Waals surface area contributed by atoms with Crippen molar-refractivity contribution in [1.82, 2.24) is 9.97 Å². The molecule has 20 heavy (non-hydrogen) atoms. The fourth-order valence-corrected chi connectivity index (χ4v) is 3.72. The van der Waals surface area contributed by atoms with Crippen molar-refractivity contribution in [3.63, 3.8) is 0 Å². The molecule has 112 valence electrons. The number of hydrazine groups is 1. The second-order valence-electron chi connectivity index (χ2n) is 5.02. The molecule has 0 radical (unpaired) electrons. The number of hydrogen-bond donors (Lipinski definition) is 3. The van der Waals surface area contributed by atoms with Crippen LogP contribution in [0.1, 0.15) is 32.0 Å². The summed E-state index contributed by atoms with van der Waals surface area (Å²) in [5.74, 6) is 7.87. The van der Waals surface area contributed by atoms with Crippen molar-refractivity contribution in [2.24, 2.45) is 5.84 Å². The molecule has 1 aliphatic heterocycles. The third kappa shape index (κ3) is 4.04. The fourth-order valence-electron chi connectivity index (χ4n) is 2.22. The molecular weight excluding hydrogens is 278 g/mol. The summed E-state index contributed by atoms with van der Waals surface area (Å²) in [6.45, 7) is 2.06. The lowest BCUT2D eigenvalue weighted by molar-refractivity contribution is 0.559. The molecule has 1 aromatic rings. The van der Waals surface area contributed by atoms with E-state index in [1.165, 1.54) is 0 Å². The Bertz CT molecular complexity index is 547. The van der Waals surface area contributed by atoms with Crippen molar-refractivity contribution in [2.75, 3.05) is 22.2 Å². The molecule has 8 heteroatoms. The minimum absolute atomic E-state index is 0.133. The Morgan fingerprint density at radius 3 is 2.55 bits per heavy atom. The number of hydrogen-bond acceptors (Lipinski definition) is 7. The van der Waals surface area contributed by atoms with E-state index in [0.717, 1.165) is 18.7 Å². The van der Waals surface area contributed by atoms with Gasteiger partial charge in [0.15, 0.2) is 0 Å². The van der Waals surface area contributed by atoms with E-state index >= 15 is 0 Å². The van der Waals surface area contributed by atoms with Gasteiger partial charge in [-0.1, -0.05) is 6.92 Å². The van der Waals surface area contributed by atoms with Gasteiger partial charge in [0.05, 0.1) is 11.5 Å². The number of nitrogens with one attached hydrogen (secondary N) is 2. The van der Waals surface area contributed by atoms with Crippen LogP contribution in [-0.4, -0.2) is 35.9 Å². The van der Waals surface area contributed by atoms with Crippen LogP contribution in [0.25, 0.3) is 0 Å². The van der Waals surface area contributed by atoms with Crippen LogP contribution in [0.2, 0.25) is 0 Å². The molecule has 0 aromatic carbocycles. The number of nitrogen functional groups attached to an aromatic ring is 1. The monoisotopic (exact) mass is 299 g/mol. The lowest BCUT2D eigenvalue weighted by atomic mass is 10.1. The van der Waals surface area contributed by atoms with Crippen LogP contribution in [0.3, 0.4) is 0 Å². The van der Waals surface area contributed by atoms with E-state index in [0.29, 0.717) is 24.5 Å². The van der Waals surface area contributed by atoms with E-state index in [1.54, 1.807) is 6.07 Å². The maximum Gasteiger partial charge on any atom is 0.150 e. The SMILES string of the molecule is CCCc1nc(NN)cc(NC2CCS(=O)(=O)CC2)n1. The van der Waals surface area contributed by atoms with E-state index < -0.39 is 9.84 Å². The maximum atomic E-state index is 11.4. The predicted molar refractivity (Wildman–Crippen MR) is 79.1 cm³/mol. The van der Waals surface area contributed by atoms with Crippen molar-refractivity contribution in [1.29, 1.82) is 0 Å². The second-order valence-corrected chi connectivity index (χ2v) is 7.32. The molecule has 1 saturated heterocycles. The molecule has 0 saturated carbocycles. The molecule has 0 bridgehead atoms. The molecular formula is C12H21N5O2S. The average Bonchev–Trinajstić information content (AvgIpc) is 2.41. The molecule has 1 aromatic heterocycles. The molecule has 0 amide bonds. The highest BCUT2D eigenvalue weighted by Gasteiger charge is 2.23. The number of aryl methyl sites for hydroxylation is 1. The predicted octanol–water partition coefficient (Wildman–Crippen LogP) is 0.704. The molecule has 1 fully saturated rings. The summed E-state index contributed by atoms with van der Waals surface area (Å²) in [5, 5.41) is 3.28. The van der Waals surface area contributed by atoms with Gasteiger partial charge < -0.3 is 10.7 Å². The quantitative estimate of drug-likeness (QED) is 0.542. The highest BCUT2D eigenvalue weighted by atomic mass is 32.2. The van der Waals surface area contributed by atoms with Gasteiger partial charge in [0.25, 0.3) is 0 Å². The van der Waals surface area contributed by atoms with E-state index in [1.807, 2.05) is 0 Å². The molecule has 7 nitrogen and oxygen atoms in total. The Morgan fingerprint density at radius 1 is 1.30 bits per heavy atom. The lowest BCUT2D eigenvalue weighted by Gasteiger charge is -2.23. The van der Waals surface area contributed by atoms with E-state index in [9.17, 15) is 8.42 Å². The Balaban J connectivity index is 2.07. The standard InChI is InChI=1S/C12H21N5O2S/c1-2-3-10-15-11(8-12(16-10)17-13)14-9-4-6-20(18,19)7-5-9/h8-9H,2-7,13H2,1H3,(H2,14,15,16,17). The number of aromatic nitrogens is 2. The molecule has 0 unspecified atom stereocenters. The number of sulfone groups is 1. The van der Waals surface area contributed by atoms with Crippen LogP contribution in [0.15, 0.2) is 6.07 Å². The van der Waals surface area contributed by atoms with Gasteiger partial charge >= 0.3 is 0 Å². The van der Waals surface area contributed by atoms with E-state index in [-0.39, 0.29) is 17.5 Å². The normalized spacial score (nSPS) is 18.7. The molecule has 2 rings (SSSR count). The lowest BCUT2D eigenvalue weighted by Crippen LogP contribution is -2.32. The zero-order chi connectivity index (χ0) is 14.6. The van der Waals surface area contributed by atoms with Crippen molar-refractivity contribution >= 4 is 21.5 Å². The van der Waals surface area contributed by atoms with Crippen molar-refractivity contribution in [2.45, 2.75) is 38.6 Å². The number of nitrogens with two attached hydrogens (primary N) is 1. The van der Waals surface area contributed by atoms with Gasteiger partial charge in [-0.25, -0.2) is 24.2 Å². The summed E-state index contributed by atoms with van der Waals surface area (Å²) in [4.78, 5) is 8.71. The van der Waals surface area contributed by atoms with Gasteiger partial charge in [-0.05, 0) is 19.3 Å². The maximum absolute atomic E-state index is 11.4.